The maximum absolute atomic E-state index is 14.8. The van der Waals surface area contributed by atoms with Crippen molar-refractivity contribution in [2.45, 2.75) is 75.9 Å². The fraction of sp³-hybridized carbons (Fsp3) is 0.316. The highest BCUT2D eigenvalue weighted by Gasteiger charge is 2.36. The van der Waals surface area contributed by atoms with Crippen molar-refractivity contribution >= 4 is 50.7 Å². The Balaban J connectivity index is 1.59. The number of nitrogens with one attached hydrogen (secondary N) is 1. The van der Waals surface area contributed by atoms with Gasteiger partial charge < -0.3 is 10.2 Å². The van der Waals surface area contributed by atoms with Gasteiger partial charge in [0.1, 0.15) is 12.6 Å². The molecule has 1 fully saturated rings. The SMILES string of the molecule is Cc1ccc(S(=O)(=O)N(CC(=O)N(Cc2ccccc2C)[C@@H](Cc2ccccc2)C(=O)NC2CCCCC2)c2cc(Cl)ccc2Cl)cc1. The Bertz CT molecular complexity index is 1830. The van der Waals surface area contributed by atoms with Gasteiger partial charge in [-0.25, -0.2) is 8.42 Å². The Hall–Kier alpha value is -3.85. The molecule has 1 N–H and O–H groups in total. The van der Waals surface area contributed by atoms with E-state index in [-0.39, 0.29) is 45.5 Å². The zero-order chi connectivity index (χ0) is 34.3. The number of amides is 2. The quantitative estimate of drug-likeness (QED) is 0.162. The molecule has 1 aliphatic rings. The van der Waals surface area contributed by atoms with Gasteiger partial charge in [-0.15, -0.1) is 0 Å². The second kappa shape index (κ2) is 16.0. The number of aryl methyl sites for hydroxylation is 2. The molecule has 48 heavy (non-hydrogen) atoms. The molecule has 5 rings (SSSR count). The number of rotatable bonds is 12. The lowest BCUT2D eigenvalue weighted by atomic mass is 9.94. The average molecular weight is 707 g/mol. The molecule has 0 heterocycles. The van der Waals surface area contributed by atoms with Crippen LogP contribution in [0.2, 0.25) is 10.0 Å². The van der Waals surface area contributed by atoms with Crippen LogP contribution < -0.4 is 9.62 Å². The standard InChI is InChI=1S/C38H41Cl2N3O4S/c1-27-17-20-33(21-18-27)48(46,47)43(35-24-31(39)19-22-34(35)40)26-37(44)42(25-30-14-10-9-11-28(30)2)36(23-29-12-5-3-6-13-29)38(45)41-32-15-7-4-8-16-32/h3,5-6,9-14,17-22,24,32,36H,4,7-8,15-16,23,25-26H2,1-2H3,(H,41,45)/t36-/m0/s1. The van der Waals surface area contributed by atoms with E-state index >= 15 is 0 Å². The minimum Gasteiger partial charge on any atom is -0.352 e. The molecule has 0 spiro atoms. The second-order valence-electron chi connectivity index (χ2n) is 12.4. The van der Waals surface area contributed by atoms with Gasteiger partial charge in [-0.3, -0.25) is 13.9 Å². The number of nitrogens with zero attached hydrogens (tertiary/aromatic N) is 2. The van der Waals surface area contributed by atoms with Crippen molar-refractivity contribution < 1.29 is 18.0 Å². The molecule has 7 nitrogen and oxygen atoms in total. The third kappa shape index (κ3) is 8.78. The highest BCUT2D eigenvalue weighted by molar-refractivity contribution is 7.92. The van der Waals surface area contributed by atoms with E-state index in [0.717, 1.165) is 58.7 Å². The predicted octanol–water partition coefficient (Wildman–Crippen LogP) is 7.89. The van der Waals surface area contributed by atoms with Gasteiger partial charge in [0, 0.05) is 24.0 Å². The second-order valence-corrected chi connectivity index (χ2v) is 15.1. The van der Waals surface area contributed by atoms with Crippen molar-refractivity contribution in [1.82, 2.24) is 10.2 Å². The highest BCUT2D eigenvalue weighted by atomic mass is 35.5. The largest absolute Gasteiger partial charge is 0.352 e. The van der Waals surface area contributed by atoms with E-state index in [9.17, 15) is 18.0 Å². The van der Waals surface area contributed by atoms with Gasteiger partial charge in [-0.05, 0) is 73.7 Å². The lowest BCUT2D eigenvalue weighted by Crippen LogP contribution is -2.55. The number of carbonyl (C=O) groups excluding carboxylic acids is 2. The summed E-state index contributed by atoms with van der Waals surface area (Å²) in [6.45, 7) is 3.30. The summed E-state index contributed by atoms with van der Waals surface area (Å²) in [5.41, 5.74) is 3.63. The molecule has 0 radical (unpaired) electrons. The Kier molecular flexibility index (Phi) is 11.8. The smallest absolute Gasteiger partial charge is 0.264 e. The molecule has 1 saturated carbocycles. The molecule has 4 aromatic rings. The van der Waals surface area contributed by atoms with Crippen molar-refractivity contribution in [2.24, 2.45) is 0 Å². The first-order valence-electron chi connectivity index (χ1n) is 16.3. The monoisotopic (exact) mass is 705 g/mol. The number of anilines is 1. The first-order chi connectivity index (χ1) is 23.0. The third-order valence-corrected chi connectivity index (χ3v) is 11.2. The van der Waals surface area contributed by atoms with Gasteiger partial charge in [-0.2, -0.15) is 0 Å². The summed E-state index contributed by atoms with van der Waals surface area (Å²) < 4.78 is 29.6. The minimum atomic E-state index is -4.31. The van der Waals surface area contributed by atoms with Crippen LogP contribution in [0.4, 0.5) is 5.69 Å². The fourth-order valence-electron chi connectivity index (χ4n) is 6.10. The van der Waals surface area contributed by atoms with E-state index in [1.807, 2.05) is 68.4 Å². The lowest BCUT2D eigenvalue weighted by molar-refractivity contribution is -0.140. The molecule has 1 atom stereocenters. The maximum Gasteiger partial charge on any atom is 0.264 e. The molecule has 0 unspecified atom stereocenters. The summed E-state index contributed by atoms with van der Waals surface area (Å²) in [6, 6.07) is 27.2. The summed E-state index contributed by atoms with van der Waals surface area (Å²) >= 11 is 12.9. The summed E-state index contributed by atoms with van der Waals surface area (Å²) in [5, 5.41) is 3.61. The van der Waals surface area contributed by atoms with Crippen LogP contribution in [-0.2, 0) is 32.6 Å². The van der Waals surface area contributed by atoms with Gasteiger partial charge in [0.25, 0.3) is 10.0 Å². The van der Waals surface area contributed by atoms with E-state index < -0.39 is 28.5 Å². The van der Waals surface area contributed by atoms with E-state index in [1.165, 1.54) is 29.2 Å². The van der Waals surface area contributed by atoms with Crippen LogP contribution in [0.1, 0.15) is 54.4 Å². The molecular formula is C38H41Cl2N3O4S. The van der Waals surface area contributed by atoms with Crippen LogP contribution >= 0.6 is 23.2 Å². The highest BCUT2D eigenvalue weighted by Crippen LogP contribution is 2.33. The Labute approximate surface area is 293 Å². The predicted molar refractivity (Wildman–Crippen MR) is 193 cm³/mol. The number of halogens is 2. The van der Waals surface area contributed by atoms with Crippen LogP contribution in [0.25, 0.3) is 0 Å². The van der Waals surface area contributed by atoms with Crippen molar-refractivity contribution in [3.8, 4) is 0 Å². The maximum atomic E-state index is 14.8. The number of benzene rings is 4. The van der Waals surface area contributed by atoms with E-state index in [0.29, 0.717) is 0 Å². The molecule has 0 bridgehead atoms. The Morgan fingerprint density at radius 3 is 2.21 bits per heavy atom. The molecule has 1 aliphatic carbocycles. The van der Waals surface area contributed by atoms with Gasteiger partial charge >= 0.3 is 0 Å². The lowest BCUT2D eigenvalue weighted by Gasteiger charge is -2.35. The fourth-order valence-corrected chi connectivity index (χ4v) is 7.96. The molecule has 10 heteroatoms. The summed E-state index contributed by atoms with van der Waals surface area (Å²) in [7, 11) is -4.31. The van der Waals surface area contributed by atoms with E-state index in [1.54, 1.807) is 18.2 Å². The topological polar surface area (TPSA) is 86.8 Å². The Morgan fingerprint density at radius 1 is 0.854 bits per heavy atom. The van der Waals surface area contributed by atoms with Crippen LogP contribution in [0.15, 0.2) is 102 Å². The number of hydrogen-bond donors (Lipinski definition) is 1. The molecule has 252 valence electrons. The average Bonchev–Trinajstić information content (AvgIpc) is 3.08. The van der Waals surface area contributed by atoms with Crippen molar-refractivity contribution in [3.05, 3.63) is 129 Å². The number of hydrogen-bond acceptors (Lipinski definition) is 4. The van der Waals surface area contributed by atoms with Gasteiger partial charge in [-0.1, -0.05) is 115 Å². The van der Waals surface area contributed by atoms with E-state index in [4.69, 9.17) is 23.2 Å². The zero-order valence-electron chi connectivity index (χ0n) is 27.2. The molecule has 0 aromatic heterocycles. The first-order valence-corrected chi connectivity index (χ1v) is 18.5. The van der Waals surface area contributed by atoms with Crippen molar-refractivity contribution in [3.63, 3.8) is 0 Å². The van der Waals surface area contributed by atoms with E-state index in [2.05, 4.69) is 5.32 Å². The van der Waals surface area contributed by atoms with Crippen LogP contribution in [0.3, 0.4) is 0 Å². The van der Waals surface area contributed by atoms with Crippen molar-refractivity contribution in [1.29, 1.82) is 0 Å². The number of carbonyl (C=O) groups is 2. The van der Waals surface area contributed by atoms with Gasteiger partial charge in [0.2, 0.25) is 11.8 Å². The summed E-state index contributed by atoms with van der Waals surface area (Å²) in [6.07, 6.45) is 5.21. The van der Waals surface area contributed by atoms with Crippen molar-refractivity contribution in [2.75, 3.05) is 10.8 Å². The minimum absolute atomic E-state index is 0.00160. The summed E-state index contributed by atoms with van der Waals surface area (Å²) in [5.74, 6) is -0.814. The molecule has 0 aliphatic heterocycles. The zero-order valence-corrected chi connectivity index (χ0v) is 29.6. The molecular weight excluding hydrogens is 665 g/mol. The Morgan fingerprint density at radius 2 is 1.52 bits per heavy atom. The molecule has 4 aromatic carbocycles. The van der Waals surface area contributed by atoms with Gasteiger partial charge in [0.15, 0.2) is 0 Å². The molecule has 2 amide bonds. The molecule has 0 saturated heterocycles. The first kappa shape index (κ1) is 35.5. The third-order valence-electron chi connectivity index (χ3n) is 8.89. The van der Waals surface area contributed by atoms with Crippen LogP contribution in [-0.4, -0.2) is 43.8 Å². The number of sulfonamides is 1. The van der Waals surface area contributed by atoms with Crippen LogP contribution in [0.5, 0.6) is 0 Å². The van der Waals surface area contributed by atoms with Crippen LogP contribution in [0, 0.1) is 13.8 Å². The van der Waals surface area contributed by atoms with Gasteiger partial charge in [0.05, 0.1) is 15.6 Å². The normalized spacial score (nSPS) is 14.2. The summed E-state index contributed by atoms with van der Waals surface area (Å²) in [4.78, 5) is 30.5.